The van der Waals surface area contributed by atoms with Crippen LogP contribution in [0.3, 0.4) is 0 Å². The molecule has 1 atom stereocenters. The average Bonchev–Trinajstić information content (AvgIpc) is 3.05. The Hall–Kier alpha value is -0.910. The van der Waals surface area contributed by atoms with E-state index in [1.807, 2.05) is 27.0 Å². The van der Waals surface area contributed by atoms with Crippen LogP contribution in [0.5, 0.6) is 0 Å². The summed E-state index contributed by atoms with van der Waals surface area (Å²) < 4.78 is 27.2. The molecule has 0 bridgehead atoms. The molecule has 0 radical (unpaired) electrons. The zero-order valence-corrected chi connectivity index (χ0v) is 11.8. The van der Waals surface area contributed by atoms with Crippen LogP contribution in [0, 0.1) is 0 Å². The molecular formula is C13H20N2O2S. The zero-order chi connectivity index (χ0) is 13.4. The van der Waals surface area contributed by atoms with E-state index in [2.05, 4.69) is 10.0 Å². The molecule has 4 nitrogen and oxygen atoms in total. The van der Waals surface area contributed by atoms with Crippen LogP contribution in [-0.2, 0) is 10.0 Å². The van der Waals surface area contributed by atoms with Crippen LogP contribution in [0.4, 0.5) is 0 Å². The van der Waals surface area contributed by atoms with E-state index in [0.29, 0.717) is 4.90 Å². The fraction of sp³-hybridized carbons (Fsp3) is 0.538. The van der Waals surface area contributed by atoms with Crippen molar-refractivity contribution in [1.82, 2.24) is 10.0 Å². The highest BCUT2D eigenvalue weighted by Gasteiger charge is 2.41. The maximum atomic E-state index is 12.2. The first kappa shape index (κ1) is 13.5. The summed E-state index contributed by atoms with van der Waals surface area (Å²) in [6.07, 6.45) is 1.83. The SMILES string of the molecule is CNC(C)c1cccc(S(=O)(=O)NC2(C)CC2)c1. The van der Waals surface area contributed by atoms with Crippen molar-refractivity contribution in [3.63, 3.8) is 0 Å². The van der Waals surface area contributed by atoms with Gasteiger partial charge in [-0.1, -0.05) is 12.1 Å². The smallest absolute Gasteiger partial charge is 0.241 e. The predicted molar refractivity (Wildman–Crippen MR) is 71.9 cm³/mol. The molecule has 1 aromatic carbocycles. The van der Waals surface area contributed by atoms with E-state index in [1.165, 1.54) is 0 Å². The van der Waals surface area contributed by atoms with E-state index < -0.39 is 10.0 Å². The van der Waals surface area contributed by atoms with Gasteiger partial charge >= 0.3 is 0 Å². The minimum absolute atomic E-state index is 0.136. The van der Waals surface area contributed by atoms with Gasteiger partial charge in [-0.05, 0) is 51.4 Å². The largest absolute Gasteiger partial charge is 0.313 e. The monoisotopic (exact) mass is 268 g/mol. The van der Waals surface area contributed by atoms with Crippen LogP contribution in [0.2, 0.25) is 0 Å². The van der Waals surface area contributed by atoms with Crippen molar-refractivity contribution in [2.75, 3.05) is 7.05 Å². The fourth-order valence-corrected chi connectivity index (χ4v) is 3.31. The summed E-state index contributed by atoms with van der Waals surface area (Å²) in [5.74, 6) is 0. The third-order valence-corrected chi connectivity index (χ3v) is 5.12. The van der Waals surface area contributed by atoms with Gasteiger partial charge in [0.2, 0.25) is 10.0 Å². The van der Waals surface area contributed by atoms with Gasteiger partial charge in [0.15, 0.2) is 0 Å². The first-order valence-electron chi connectivity index (χ1n) is 6.17. The van der Waals surface area contributed by atoms with Crippen molar-refractivity contribution in [3.05, 3.63) is 29.8 Å². The molecule has 0 aliphatic heterocycles. The fourth-order valence-electron chi connectivity index (χ4n) is 1.79. The molecule has 0 aromatic heterocycles. The van der Waals surface area contributed by atoms with Crippen LogP contribution in [0.25, 0.3) is 0 Å². The highest BCUT2D eigenvalue weighted by Crippen LogP contribution is 2.36. The molecule has 0 amide bonds. The average molecular weight is 268 g/mol. The molecule has 1 fully saturated rings. The highest BCUT2D eigenvalue weighted by molar-refractivity contribution is 7.89. The third kappa shape index (κ3) is 2.91. The second kappa shape index (κ2) is 4.64. The Morgan fingerprint density at radius 3 is 2.56 bits per heavy atom. The molecule has 5 heteroatoms. The normalized spacial score (nSPS) is 19.5. The molecule has 18 heavy (non-hydrogen) atoms. The Morgan fingerprint density at radius 2 is 2.00 bits per heavy atom. The molecule has 2 N–H and O–H groups in total. The molecule has 0 saturated heterocycles. The molecule has 1 unspecified atom stereocenters. The van der Waals surface area contributed by atoms with Crippen molar-refractivity contribution in [1.29, 1.82) is 0 Å². The minimum Gasteiger partial charge on any atom is -0.313 e. The maximum Gasteiger partial charge on any atom is 0.241 e. The van der Waals surface area contributed by atoms with Crippen molar-refractivity contribution in [2.45, 2.75) is 43.2 Å². The van der Waals surface area contributed by atoms with Gasteiger partial charge in [0.05, 0.1) is 4.90 Å². The van der Waals surface area contributed by atoms with E-state index in [0.717, 1.165) is 18.4 Å². The summed E-state index contributed by atoms with van der Waals surface area (Å²) in [5, 5.41) is 3.11. The first-order chi connectivity index (χ1) is 8.36. The number of hydrogen-bond acceptors (Lipinski definition) is 3. The lowest BCUT2D eigenvalue weighted by molar-refractivity contribution is 0.557. The lowest BCUT2D eigenvalue weighted by Gasteiger charge is -2.15. The molecule has 1 saturated carbocycles. The topological polar surface area (TPSA) is 58.2 Å². The number of rotatable bonds is 5. The predicted octanol–water partition coefficient (Wildman–Crippen LogP) is 1.80. The van der Waals surface area contributed by atoms with Gasteiger partial charge in [-0.3, -0.25) is 0 Å². The molecule has 0 heterocycles. The summed E-state index contributed by atoms with van der Waals surface area (Å²) in [6, 6.07) is 7.22. The van der Waals surface area contributed by atoms with Crippen LogP contribution < -0.4 is 10.0 Å². The van der Waals surface area contributed by atoms with E-state index >= 15 is 0 Å². The molecule has 100 valence electrons. The van der Waals surface area contributed by atoms with Gasteiger partial charge in [0.1, 0.15) is 0 Å². The van der Waals surface area contributed by atoms with Crippen molar-refractivity contribution >= 4 is 10.0 Å². The van der Waals surface area contributed by atoms with Crippen molar-refractivity contribution in [3.8, 4) is 0 Å². The summed E-state index contributed by atoms with van der Waals surface area (Å²) >= 11 is 0. The Labute approximate surface area is 109 Å². The summed E-state index contributed by atoms with van der Waals surface area (Å²) in [5.41, 5.74) is 0.741. The number of hydrogen-bond donors (Lipinski definition) is 2. The van der Waals surface area contributed by atoms with Gasteiger partial charge in [0, 0.05) is 11.6 Å². The first-order valence-corrected chi connectivity index (χ1v) is 7.66. The molecule has 0 spiro atoms. The second-order valence-corrected chi connectivity index (χ2v) is 6.93. The molecular weight excluding hydrogens is 248 g/mol. The van der Waals surface area contributed by atoms with Crippen molar-refractivity contribution in [2.24, 2.45) is 0 Å². The second-order valence-electron chi connectivity index (χ2n) is 5.25. The zero-order valence-electron chi connectivity index (χ0n) is 11.0. The highest BCUT2D eigenvalue weighted by atomic mass is 32.2. The Bertz CT molecular complexity index is 536. The van der Waals surface area contributed by atoms with E-state index in [1.54, 1.807) is 18.2 Å². The standard InChI is InChI=1S/C13H20N2O2S/c1-10(14-3)11-5-4-6-12(9-11)18(16,17)15-13(2)7-8-13/h4-6,9-10,14-15H,7-8H2,1-3H3. The van der Waals surface area contributed by atoms with Gasteiger partial charge < -0.3 is 5.32 Å². The lowest BCUT2D eigenvalue weighted by atomic mass is 10.1. The molecule has 1 aliphatic carbocycles. The maximum absolute atomic E-state index is 12.2. The van der Waals surface area contributed by atoms with Crippen LogP contribution >= 0.6 is 0 Å². The van der Waals surface area contributed by atoms with Crippen molar-refractivity contribution < 1.29 is 8.42 Å². The molecule has 2 rings (SSSR count). The van der Waals surface area contributed by atoms with Crippen LogP contribution in [0.1, 0.15) is 38.3 Å². The molecule has 1 aliphatic rings. The minimum atomic E-state index is -3.40. The van der Waals surface area contributed by atoms with Gasteiger partial charge in [-0.25, -0.2) is 13.1 Å². The van der Waals surface area contributed by atoms with E-state index in [9.17, 15) is 8.42 Å². The summed E-state index contributed by atoms with van der Waals surface area (Å²) in [4.78, 5) is 0.343. The number of nitrogens with one attached hydrogen (secondary N) is 2. The Morgan fingerprint density at radius 1 is 1.33 bits per heavy atom. The quantitative estimate of drug-likeness (QED) is 0.856. The number of sulfonamides is 1. The van der Waals surface area contributed by atoms with E-state index in [-0.39, 0.29) is 11.6 Å². The van der Waals surface area contributed by atoms with Gasteiger partial charge in [-0.2, -0.15) is 0 Å². The van der Waals surface area contributed by atoms with Crippen LogP contribution in [-0.4, -0.2) is 21.0 Å². The lowest BCUT2D eigenvalue weighted by Crippen LogP contribution is -2.34. The van der Waals surface area contributed by atoms with Gasteiger partial charge in [0.25, 0.3) is 0 Å². The van der Waals surface area contributed by atoms with E-state index in [4.69, 9.17) is 0 Å². The number of benzene rings is 1. The van der Waals surface area contributed by atoms with Crippen LogP contribution in [0.15, 0.2) is 29.2 Å². The Kier molecular flexibility index (Phi) is 3.49. The summed E-state index contributed by atoms with van der Waals surface area (Å²) in [6.45, 7) is 3.94. The third-order valence-electron chi connectivity index (χ3n) is 3.48. The van der Waals surface area contributed by atoms with Gasteiger partial charge in [-0.15, -0.1) is 0 Å². The Balaban J connectivity index is 2.27. The summed E-state index contributed by atoms with van der Waals surface area (Å²) in [7, 11) is -1.54. The molecule has 1 aromatic rings.